The van der Waals surface area contributed by atoms with Gasteiger partial charge in [0.05, 0.1) is 0 Å². The summed E-state index contributed by atoms with van der Waals surface area (Å²) in [4.78, 5) is 0. The third-order valence-corrected chi connectivity index (χ3v) is 3.90. The molecule has 0 heterocycles. The van der Waals surface area contributed by atoms with Gasteiger partial charge in [0.15, 0.2) is 0 Å². The van der Waals surface area contributed by atoms with Gasteiger partial charge < -0.3 is 5.32 Å². The van der Waals surface area contributed by atoms with Gasteiger partial charge in [0.25, 0.3) is 0 Å². The molecule has 1 N–H and O–H groups in total. The van der Waals surface area contributed by atoms with Crippen LogP contribution in [0.4, 0.5) is 0 Å². The first-order valence-electron chi connectivity index (χ1n) is 7.13. The molecule has 0 spiro atoms. The SMILES string of the molecule is CCCC(C)(CNC)Cc1c(C)cc(C)cc1C. The highest BCUT2D eigenvalue weighted by Crippen LogP contribution is 2.30. The molecule has 0 aliphatic heterocycles. The van der Waals surface area contributed by atoms with E-state index in [4.69, 9.17) is 0 Å². The fourth-order valence-corrected chi connectivity index (χ4v) is 3.19. The van der Waals surface area contributed by atoms with Crippen molar-refractivity contribution >= 4 is 0 Å². The molecule has 102 valence electrons. The van der Waals surface area contributed by atoms with E-state index in [1.807, 2.05) is 0 Å². The normalized spacial score (nSPS) is 14.6. The second kappa shape index (κ2) is 6.38. The van der Waals surface area contributed by atoms with E-state index in [0.29, 0.717) is 5.41 Å². The maximum absolute atomic E-state index is 3.36. The zero-order valence-corrected chi connectivity index (χ0v) is 13.0. The zero-order valence-electron chi connectivity index (χ0n) is 13.0. The predicted octanol–water partition coefficient (Wildman–Crippen LogP) is 4.18. The van der Waals surface area contributed by atoms with Gasteiger partial charge in [0, 0.05) is 6.54 Å². The molecule has 1 heteroatoms. The van der Waals surface area contributed by atoms with E-state index in [1.54, 1.807) is 5.56 Å². The Morgan fingerprint density at radius 3 is 2.11 bits per heavy atom. The quantitative estimate of drug-likeness (QED) is 0.795. The van der Waals surface area contributed by atoms with Crippen molar-refractivity contribution in [2.75, 3.05) is 13.6 Å². The van der Waals surface area contributed by atoms with E-state index >= 15 is 0 Å². The molecule has 1 nitrogen and oxygen atoms in total. The average Bonchev–Trinajstić information content (AvgIpc) is 2.24. The second-order valence-electron chi connectivity index (χ2n) is 6.15. The van der Waals surface area contributed by atoms with Crippen LogP contribution in [0.2, 0.25) is 0 Å². The first-order chi connectivity index (χ1) is 8.41. The molecule has 1 rings (SSSR count). The Hall–Kier alpha value is -0.820. The van der Waals surface area contributed by atoms with Crippen LogP contribution in [0.3, 0.4) is 0 Å². The highest BCUT2D eigenvalue weighted by molar-refractivity contribution is 5.38. The number of nitrogens with one attached hydrogen (secondary N) is 1. The van der Waals surface area contributed by atoms with Crippen molar-refractivity contribution in [1.82, 2.24) is 5.32 Å². The average molecular weight is 247 g/mol. The highest BCUT2D eigenvalue weighted by atomic mass is 14.8. The molecule has 0 amide bonds. The van der Waals surface area contributed by atoms with Gasteiger partial charge in [-0.2, -0.15) is 0 Å². The zero-order chi connectivity index (χ0) is 13.8. The lowest BCUT2D eigenvalue weighted by Crippen LogP contribution is -2.32. The number of aryl methyl sites for hydroxylation is 3. The van der Waals surface area contributed by atoms with Crippen LogP contribution in [0.5, 0.6) is 0 Å². The summed E-state index contributed by atoms with van der Waals surface area (Å²) in [7, 11) is 2.06. The fourth-order valence-electron chi connectivity index (χ4n) is 3.19. The van der Waals surface area contributed by atoms with Crippen molar-refractivity contribution < 1.29 is 0 Å². The smallest absolute Gasteiger partial charge is 0.000535 e. The van der Waals surface area contributed by atoms with Gasteiger partial charge >= 0.3 is 0 Å². The number of rotatable bonds is 6. The summed E-state index contributed by atoms with van der Waals surface area (Å²) in [5.41, 5.74) is 6.19. The second-order valence-corrected chi connectivity index (χ2v) is 6.15. The Balaban J connectivity index is 3.00. The molecule has 1 atom stereocenters. The van der Waals surface area contributed by atoms with Crippen LogP contribution in [0.1, 0.15) is 48.9 Å². The lowest BCUT2D eigenvalue weighted by Gasteiger charge is -2.31. The maximum Gasteiger partial charge on any atom is 0.000535 e. The summed E-state index contributed by atoms with van der Waals surface area (Å²) in [6.45, 7) is 12.5. The van der Waals surface area contributed by atoms with Crippen LogP contribution < -0.4 is 5.32 Å². The van der Waals surface area contributed by atoms with Crippen LogP contribution in [0, 0.1) is 26.2 Å². The molecular weight excluding hydrogens is 218 g/mol. The molecule has 1 unspecified atom stereocenters. The van der Waals surface area contributed by atoms with Crippen molar-refractivity contribution in [3.63, 3.8) is 0 Å². The van der Waals surface area contributed by atoms with Crippen molar-refractivity contribution in [2.24, 2.45) is 5.41 Å². The summed E-state index contributed by atoms with van der Waals surface area (Å²) >= 11 is 0. The number of hydrogen-bond acceptors (Lipinski definition) is 1. The Labute approximate surface area is 113 Å². The topological polar surface area (TPSA) is 12.0 Å². The third-order valence-electron chi connectivity index (χ3n) is 3.90. The van der Waals surface area contributed by atoms with Crippen molar-refractivity contribution in [1.29, 1.82) is 0 Å². The van der Waals surface area contributed by atoms with Crippen molar-refractivity contribution in [2.45, 2.75) is 53.9 Å². The van der Waals surface area contributed by atoms with E-state index < -0.39 is 0 Å². The van der Waals surface area contributed by atoms with Crippen molar-refractivity contribution in [3.05, 3.63) is 34.4 Å². The first kappa shape index (κ1) is 15.2. The molecule has 0 aliphatic carbocycles. The standard InChI is InChI=1S/C17H29N/c1-7-8-17(5,12-18-6)11-16-14(3)9-13(2)10-15(16)4/h9-10,18H,7-8,11-12H2,1-6H3. The summed E-state index contributed by atoms with van der Waals surface area (Å²) in [5, 5.41) is 3.36. The van der Waals surface area contributed by atoms with E-state index in [9.17, 15) is 0 Å². The van der Waals surface area contributed by atoms with Crippen LogP contribution in [0.15, 0.2) is 12.1 Å². The number of hydrogen-bond donors (Lipinski definition) is 1. The maximum atomic E-state index is 3.36. The number of benzene rings is 1. The minimum Gasteiger partial charge on any atom is -0.319 e. The van der Waals surface area contributed by atoms with Gasteiger partial charge in [-0.15, -0.1) is 0 Å². The molecule has 0 aromatic heterocycles. The Bertz CT molecular complexity index is 364. The van der Waals surface area contributed by atoms with Gasteiger partial charge in [-0.05, 0) is 62.8 Å². The summed E-state index contributed by atoms with van der Waals surface area (Å²) in [5.74, 6) is 0. The van der Waals surface area contributed by atoms with Gasteiger partial charge in [-0.1, -0.05) is 38.0 Å². The molecule has 18 heavy (non-hydrogen) atoms. The molecule has 0 fully saturated rings. The minimum absolute atomic E-state index is 0.369. The summed E-state index contributed by atoms with van der Waals surface area (Å²) in [6.07, 6.45) is 3.71. The van der Waals surface area contributed by atoms with Crippen LogP contribution in [0.25, 0.3) is 0 Å². The predicted molar refractivity (Wildman–Crippen MR) is 81.3 cm³/mol. The van der Waals surface area contributed by atoms with Crippen LogP contribution in [-0.2, 0) is 6.42 Å². The summed E-state index contributed by atoms with van der Waals surface area (Å²) in [6, 6.07) is 4.63. The molecule has 1 aromatic rings. The van der Waals surface area contributed by atoms with E-state index in [2.05, 4.69) is 59.1 Å². The monoisotopic (exact) mass is 247 g/mol. The van der Waals surface area contributed by atoms with Gasteiger partial charge in [-0.3, -0.25) is 0 Å². The molecule has 0 radical (unpaired) electrons. The molecule has 0 aliphatic rings. The largest absolute Gasteiger partial charge is 0.319 e. The molecule has 0 saturated heterocycles. The van der Waals surface area contributed by atoms with Crippen molar-refractivity contribution in [3.8, 4) is 0 Å². The van der Waals surface area contributed by atoms with E-state index in [-0.39, 0.29) is 0 Å². The molecule has 0 saturated carbocycles. The van der Waals surface area contributed by atoms with E-state index in [1.165, 1.54) is 36.0 Å². The van der Waals surface area contributed by atoms with Crippen LogP contribution in [-0.4, -0.2) is 13.6 Å². The Morgan fingerprint density at radius 1 is 1.11 bits per heavy atom. The minimum atomic E-state index is 0.369. The van der Waals surface area contributed by atoms with E-state index in [0.717, 1.165) is 6.54 Å². The lowest BCUT2D eigenvalue weighted by molar-refractivity contribution is 0.282. The van der Waals surface area contributed by atoms with Gasteiger partial charge in [0.2, 0.25) is 0 Å². The van der Waals surface area contributed by atoms with Gasteiger partial charge in [-0.25, -0.2) is 0 Å². The first-order valence-corrected chi connectivity index (χ1v) is 7.13. The molecule has 1 aromatic carbocycles. The third kappa shape index (κ3) is 3.84. The highest BCUT2D eigenvalue weighted by Gasteiger charge is 2.24. The Morgan fingerprint density at radius 2 is 1.67 bits per heavy atom. The van der Waals surface area contributed by atoms with Gasteiger partial charge in [0.1, 0.15) is 0 Å². The lowest BCUT2D eigenvalue weighted by atomic mass is 9.77. The molecule has 0 bridgehead atoms. The molecular formula is C17H29N. The van der Waals surface area contributed by atoms with Crippen LogP contribution >= 0.6 is 0 Å². The fraction of sp³-hybridized carbons (Fsp3) is 0.647. The summed E-state index contributed by atoms with van der Waals surface area (Å²) < 4.78 is 0. The Kier molecular flexibility index (Phi) is 5.40.